The summed E-state index contributed by atoms with van der Waals surface area (Å²) in [5.74, 6) is -0.898. The number of rotatable bonds is 7. The fourth-order valence-electron chi connectivity index (χ4n) is 3.59. The first-order valence-electron chi connectivity index (χ1n) is 9.70. The van der Waals surface area contributed by atoms with E-state index in [1.807, 2.05) is 37.2 Å². The first kappa shape index (κ1) is 21.0. The second-order valence-electron chi connectivity index (χ2n) is 7.47. The highest BCUT2D eigenvalue weighted by Crippen LogP contribution is 2.38. The van der Waals surface area contributed by atoms with Crippen molar-refractivity contribution in [1.82, 2.24) is 20.3 Å². The van der Waals surface area contributed by atoms with Crippen molar-refractivity contribution in [1.29, 1.82) is 0 Å². The average Bonchev–Trinajstić information content (AvgIpc) is 3.27. The Kier molecular flexibility index (Phi) is 5.48. The van der Waals surface area contributed by atoms with Crippen LogP contribution < -0.4 is 15.4 Å². The maximum Gasteiger partial charge on any atom is 0.258 e. The van der Waals surface area contributed by atoms with E-state index >= 15 is 0 Å². The van der Waals surface area contributed by atoms with Crippen molar-refractivity contribution in [3.05, 3.63) is 76.9 Å². The van der Waals surface area contributed by atoms with Crippen LogP contribution in [0.4, 0.5) is 0 Å². The highest BCUT2D eigenvalue weighted by molar-refractivity contribution is 7.89. The molecule has 0 saturated carbocycles. The third kappa shape index (κ3) is 3.90. The number of carbonyl (C=O) groups excluding carboxylic acids is 2. The Balaban J connectivity index is 1.81. The van der Waals surface area contributed by atoms with Crippen LogP contribution in [0.5, 0.6) is 0 Å². The summed E-state index contributed by atoms with van der Waals surface area (Å²) in [7, 11) is -0.169. The second-order valence-corrected chi connectivity index (χ2v) is 9.21. The molecule has 160 valence electrons. The molecular formula is C22H22N4O4S. The summed E-state index contributed by atoms with van der Waals surface area (Å²) in [6.45, 7) is 0.757. The molecule has 0 atom stereocenters. The van der Waals surface area contributed by atoms with Gasteiger partial charge in [0, 0.05) is 18.7 Å². The zero-order chi connectivity index (χ0) is 22.2. The molecule has 8 nitrogen and oxygen atoms in total. The fourth-order valence-corrected chi connectivity index (χ4v) is 4.83. The largest absolute Gasteiger partial charge is 0.321 e. The molecular weight excluding hydrogens is 416 g/mol. The number of nitrogens with zero attached hydrogens (tertiary/aromatic N) is 1. The normalized spacial score (nSPS) is 16.1. The number of benzene rings is 2. The van der Waals surface area contributed by atoms with Crippen LogP contribution >= 0.6 is 0 Å². The summed E-state index contributed by atoms with van der Waals surface area (Å²) in [6, 6.07) is 15.4. The van der Waals surface area contributed by atoms with Gasteiger partial charge < -0.3 is 15.5 Å². The van der Waals surface area contributed by atoms with Gasteiger partial charge in [-0.3, -0.25) is 9.59 Å². The van der Waals surface area contributed by atoms with Crippen LogP contribution in [0.15, 0.2) is 70.6 Å². The van der Waals surface area contributed by atoms with Crippen LogP contribution in [0, 0.1) is 0 Å². The second kappa shape index (κ2) is 8.10. The topological polar surface area (TPSA) is 108 Å². The molecule has 0 bridgehead atoms. The lowest BCUT2D eigenvalue weighted by molar-refractivity contribution is -0.117. The Labute approximate surface area is 180 Å². The van der Waals surface area contributed by atoms with Crippen molar-refractivity contribution in [3.63, 3.8) is 0 Å². The SMILES string of the molecule is CN(C)CCNS(=O)(=O)c1ccccc1C1=C2C(=O)NC(c3ccccc3)=C2C(=O)N1. The van der Waals surface area contributed by atoms with E-state index in [1.165, 1.54) is 6.07 Å². The monoisotopic (exact) mass is 438 g/mol. The molecule has 2 heterocycles. The van der Waals surface area contributed by atoms with Crippen molar-refractivity contribution < 1.29 is 18.0 Å². The Hall–Kier alpha value is -3.27. The predicted molar refractivity (Wildman–Crippen MR) is 117 cm³/mol. The maximum absolute atomic E-state index is 13.0. The summed E-state index contributed by atoms with van der Waals surface area (Å²) in [5.41, 5.74) is 1.94. The number of hydrogen-bond donors (Lipinski definition) is 3. The summed E-state index contributed by atoms with van der Waals surface area (Å²) >= 11 is 0. The molecule has 2 aliphatic rings. The molecule has 0 saturated heterocycles. The van der Waals surface area contributed by atoms with Crippen LogP contribution in [0.1, 0.15) is 11.1 Å². The zero-order valence-corrected chi connectivity index (χ0v) is 17.9. The van der Waals surface area contributed by atoms with Crippen LogP contribution in [-0.4, -0.2) is 52.3 Å². The number of carbonyl (C=O) groups is 2. The first-order valence-corrected chi connectivity index (χ1v) is 11.2. The van der Waals surface area contributed by atoms with Crippen LogP contribution in [-0.2, 0) is 19.6 Å². The minimum absolute atomic E-state index is 0.00114. The molecule has 4 rings (SSSR count). The lowest BCUT2D eigenvalue weighted by Crippen LogP contribution is -2.32. The van der Waals surface area contributed by atoms with E-state index in [-0.39, 0.29) is 33.8 Å². The minimum atomic E-state index is -3.86. The number of nitrogens with one attached hydrogen (secondary N) is 3. The van der Waals surface area contributed by atoms with Crippen LogP contribution in [0.25, 0.3) is 11.4 Å². The molecule has 0 fully saturated rings. The van der Waals surface area contributed by atoms with Crippen molar-refractivity contribution in [2.45, 2.75) is 4.90 Å². The summed E-state index contributed by atoms with van der Waals surface area (Å²) < 4.78 is 28.5. The molecule has 2 aromatic carbocycles. The van der Waals surface area contributed by atoms with Gasteiger partial charge in [-0.05, 0) is 25.7 Å². The molecule has 31 heavy (non-hydrogen) atoms. The van der Waals surface area contributed by atoms with Gasteiger partial charge in [0.2, 0.25) is 10.0 Å². The Bertz CT molecular complexity index is 1230. The first-order chi connectivity index (χ1) is 14.8. The van der Waals surface area contributed by atoms with E-state index in [0.717, 1.165) is 0 Å². The smallest absolute Gasteiger partial charge is 0.258 e. The number of sulfonamides is 1. The maximum atomic E-state index is 13.0. The number of hydrogen-bond acceptors (Lipinski definition) is 5. The summed E-state index contributed by atoms with van der Waals surface area (Å²) in [6.07, 6.45) is 0. The highest BCUT2D eigenvalue weighted by Gasteiger charge is 2.41. The third-order valence-corrected chi connectivity index (χ3v) is 6.56. The van der Waals surface area contributed by atoms with E-state index in [9.17, 15) is 18.0 Å². The molecule has 0 radical (unpaired) electrons. The number of amides is 2. The number of likely N-dealkylation sites (N-methyl/N-ethyl adjacent to an activating group) is 1. The minimum Gasteiger partial charge on any atom is -0.321 e. The molecule has 0 aromatic heterocycles. The molecule has 0 unspecified atom stereocenters. The number of fused-ring (bicyclic) bond motifs is 1. The van der Waals surface area contributed by atoms with Crippen molar-refractivity contribution in [2.75, 3.05) is 27.2 Å². The average molecular weight is 439 g/mol. The molecule has 0 aliphatic carbocycles. The van der Waals surface area contributed by atoms with Gasteiger partial charge in [0.25, 0.3) is 11.8 Å². The highest BCUT2D eigenvalue weighted by atomic mass is 32.2. The molecule has 3 N–H and O–H groups in total. The predicted octanol–water partition coefficient (Wildman–Crippen LogP) is 0.908. The van der Waals surface area contributed by atoms with Gasteiger partial charge in [0.15, 0.2) is 0 Å². The van der Waals surface area contributed by atoms with Crippen molar-refractivity contribution in [3.8, 4) is 0 Å². The fraction of sp³-hybridized carbons (Fsp3) is 0.182. The molecule has 2 aromatic rings. The quantitative estimate of drug-likeness (QED) is 0.596. The zero-order valence-electron chi connectivity index (χ0n) is 17.1. The summed E-state index contributed by atoms with van der Waals surface area (Å²) in [5, 5.41) is 5.47. The van der Waals surface area contributed by atoms with Gasteiger partial charge in [-0.2, -0.15) is 0 Å². The van der Waals surface area contributed by atoms with Gasteiger partial charge in [-0.15, -0.1) is 0 Å². The van der Waals surface area contributed by atoms with Crippen LogP contribution in [0.3, 0.4) is 0 Å². The molecule has 2 amide bonds. The van der Waals surface area contributed by atoms with Gasteiger partial charge in [0.1, 0.15) is 0 Å². The third-order valence-electron chi connectivity index (χ3n) is 5.04. The van der Waals surface area contributed by atoms with Crippen LogP contribution in [0.2, 0.25) is 0 Å². The summed E-state index contributed by atoms with van der Waals surface area (Å²) in [4.78, 5) is 27.5. The van der Waals surface area contributed by atoms with E-state index in [2.05, 4.69) is 15.4 Å². The Morgan fingerprint density at radius 3 is 2.10 bits per heavy atom. The molecule has 2 aliphatic heterocycles. The van der Waals surface area contributed by atoms with Gasteiger partial charge in [-0.25, -0.2) is 13.1 Å². The van der Waals surface area contributed by atoms with Gasteiger partial charge >= 0.3 is 0 Å². The Morgan fingerprint density at radius 1 is 0.839 bits per heavy atom. The Morgan fingerprint density at radius 2 is 1.42 bits per heavy atom. The standard InChI is InChI=1S/C22H22N4O4S/c1-26(2)13-12-23-31(29,30)16-11-7-6-10-15(16)20-18-17(21(27)25-20)19(24-22(18)28)14-8-4-3-5-9-14/h3-11,23H,12-13H2,1-2H3,(H,24,28)(H,25,27). The van der Waals surface area contributed by atoms with E-state index in [4.69, 9.17) is 0 Å². The molecule has 9 heteroatoms. The van der Waals surface area contributed by atoms with Gasteiger partial charge in [0.05, 0.1) is 27.4 Å². The van der Waals surface area contributed by atoms with Crippen molar-refractivity contribution >= 4 is 33.2 Å². The molecule has 0 spiro atoms. The van der Waals surface area contributed by atoms with E-state index in [1.54, 1.807) is 30.3 Å². The lowest BCUT2D eigenvalue weighted by Gasteiger charge is -2.14. The van der Waals surface area contributed by atoms with Gasteiger partial charge in [-0.1, -0.05) is 48.5 Å². The lowest BCUT2D eigenvalue weighted by atomic mass is 10.0. The van der Waals surface area contributed by atoms with Crippen molar-refractivity contribution in [2.24, 2.45) is 0 Å². The van der Waals surface area contributed by atoms with E-state index in [0.29, 0.717) is 17.8 Å². The van der Waals surface area contributed by atoms with E-state index < -0.39 is 21.8 Å².